The van der Waals surface area contributed by atoms with E-state index in [-0.39, 0.29) is 30.9 Å². The van der Waals surface area contributed by atoms with Crippen molar-refractivity contribution in [3.8, 4) is 0 Å². The van der Waals surface area contributed by atoms with Crippen molar-refractivity contribution in [2.24, 2.45) is 11.0 Å². The topological polar surface area (TPSA) is 95.5 Å². The van der Waals surface area contributed by atoms with E-state index in [0.717, 1.165) is 0 Å². The molecule has 8 nitrogen and oxygen atoms in total. The van der Waals surface area contributed by atoms with E-state index in [4.69, 9.17) is 18.9 Å². The second kappa shape index (κ2) is 6.68. The highest BCUT2D eigenvalue weighted by molar-refractivity contribution is 6.38. The molecule has 2 aliphatic heterocycles. The van der Waals surface area contributed by atoms with E-state index < -0.39 is 17.9 Å². The number of ether oxygens (including phenoxy) is 4. The Morgan fingerprint density at radius 3 is 2.62 bits per heavy atom. The largest absolute Gasteiger partial charge is 0.464 e. The van der Waals surface area contributed by atoms with Crippen LogP contribution in [-0.4, -0.2) is 51.4 Å². The number of nitrogens with zero attached hydrogens (tertiary/aromatic N) is 1. The van der Waals surface area contributed by atoms with Gasteiger partial charge < -0.3 is 18.9 Å². The van der Waals surface area contributed by atoms with E-state index in [1.165, 1.54) is 14.2 Å². The van der Waals surface area contributed by atoms with Gasteiger partial charge in [-0.05, 0) is 12.0 Å². The van der Waals surface area contributed by atoms with Crippen LogP contribution in [0.5, 0.6) is 0 Å². The number of esters is 2. The Bertz CT molecular complexity index is 499. The standard InChI is InChI=1S/C13H18N2O6/c1-4-9-20-5-7-8(6-21-9)11(13(17)19-3)15-14-10(7)12(16)18-2/h7,9,15H,4-6H2,1-3H3. The fraction of sp³-hybridized carbons (Fsp3) is 0.615. The number of nitrogens with one attached hydrogen (secondary N) is 1. The number of carbonyl (C=O) groups excluding carboxylic acids is 2. The van der Waals surface area contributed by atoms with Crippen LogP contribution in [0.1, 0.15) is 13.3 Å². The highest BCUT2D eigenvalue weighted by Crippen LogP contribution is 2.27. The van der Waals surface area contributed by atoms with Crippen molar-refractivity contribution in [2.45, 2.75) is 19.6 Å². The number of methoxy groups -OCH3 is 2. The average Bonchev–Trinajstić information content (AvgIpc) is 2.75. The van der Waals surface area contributed by atoms with Crippen molar-refractivity contribution < 1.29 is 28.5 Å². The maximum Gasteiger partial charge on any atom is 0.356 e. The van der Waals surface area contributed by atoms with Gasteiger partial charge in [0.25, 0.3) is 0 Å². The van der Waals surface area contributed by atoms with Crippen LogP contribution in [0.2, 0.25) is 0 Å². The predicted octanol–water partition coefficient (Wildman–Crippen LogP) is -0.0552. The third-order valence-electron chi connectivity index (χ3n) is 3.35. The maximum atomic E-state index is 11.8. The molecule has 0 aromatic rings. The minimum atomic E-state index is -0.576. The Kier molecular flexibility index (Phi) is 4.92. The van der Waals surface area contributed by atoms with Crippen LogP contribution in [0.15, 0.2) is 16.4 Å². The molecule has 0 amide bonds. The fourth-order valence-electron chi connectivity index (χ4n) is 2.20. The molecule has 2 aliphatic rings. The molecule has 8 heteroatoms. The zero-order valence-electron chi connectivity index (χ0n) is 12.2. The Hall–Kier alpha value is -1.93. The number of carbonyl (C=O) groups is 2. The Morgan fingerprint density at radius 2 is 2.00 bits per heavy atom. The van der Waals surface area contributed by atoms with Gasteiger partial charge in [0.2, 0.25) is 0 Å². The van der Waals surface area contributed by atoms with E-state index >= 15 is 0 Å². The van der Waals surface area contributed by atoms with E-state index in [9.17, 15) is 9.59 Å². The highest BCUT2D eigenvalue weighted by atomic mass is 16.7. The van der Waals surface area contributed by atoms with E-state index in [2.05, 4.69) is 10.5 Å². The average molecular weight is 298 g/mol. The van der Waals surface area contributed by atoms with Crippen molar-refractivity contribution in [3.05, 3.63) is 11.3 Å². The second-order valence-corrected chi connectivity index (χ2v) is 4.53. The lowest BCUT2D eigenvalue weighted by Crippen LogP contribution is -2.39. The van der Waals surface area contributed by atoms with E-state index in [1.807, 2.05) is 6.92 Å². The lowest BCUT2D eigenvalue weighted by Gasteiger charge is -2.24. The van der Waals surface area contributed by atoms with Crippen LogP contribution in [0.3, 0.4) is 0 Å². The van der Waals surface area contributed by atoms with Gasteiger partial charge in [-0.2, -0.15) is 5.10 Å². The third-order valence-corrected chi connectivity index (χ3v) is 3.35. The molecule has 2 unspecified atom stereocenters. The van der Waals surface area contributed by atoms with Gasteiger partial charge in [-0.15, -0.1) is 0 Å². The molecule has 1 N–H and O–H groups in total. The van der Waals surface area contributed by atoms with Crippen LogP contribution in [-0.2, 0) is 28.5 Å². The number of rotatable bonds is 3. The molecule has 0 aromatic carbocycles. The summed E-state index contributed by atoms with van der Waals surface area (Å²) in [5.74, 6) is -1.64. The van der Waals surface area contributed by atoms with Gasteiger partial charge >= 0.3 is 11.9 Å². The molecule has 21 heavy (non-hydrogen) atoms. The first kappa shape index (κ1) is 15.5. The zero-order valence-corrected chi connectivity index (χ0v) is 12.2. The summed E-state index contributed by atoms with van der Waals surface area (Å²) in [7, 11) is 2.54. The summed E-state index contributed by atoms with van der Waals surface area (Å²) in [6, 6.07) is 0. The molecule has 1 saturated heterocycles. The number of hydrogen-bond donors (Lipinski definition) is 1. The SMILES string of the molecule is CCC1OCC2=C(C(=O)OC)NN=C(C(=O)OC)C2CO1. The Balaban J connectivity index is 2.36. The van der Waals surface area contributed by atoms with Crippen molar-refractivity contribution >= 4 is 17.7 Å². The van der Waals surface area contributed by atoms with Crippen LogP contribution >= 0.6 is 0 Å². The van der Waals surface area contributed by atoms with Crippen LogP contribution in [0.4, 0.5) is 0 Å². The second-order valence-electron chi connectivity index (χ2n) is 4.53. The fourth-order valence-corrected chi connectivity index (χ4v) is 2.20. The third kappa shape index (κ3) is 3.06. The molecule has 1 fully saturated rings. The van der Waals surface area contributed by atoms with Crippen molar-refractivity contribution in [1.82, 2.24) is 5.43 Å². The molecule has 0 spiro atoms. The van der Waals surface area contributed by atoms with Crippen LogP contribution in [0.25, 0.3) is 0 Å². The molecule has 2 heterocycles. The van der Waals surface area contributed by atoms with Crippen molar-refractivity contribution in [2.75, 3.05) is 27.4 Å². The van der Waals surface area contributed by atoms with E-state index in [0.29, 0.717) is 12.0 Å². The van der Waals surface area contributed by atoms with Crippen LogP contribution in [0, 0.1) is 5.92 Å². The summed E-state index contributed by atoms with van der Waals surface area (Å²) in [6.45, 7) is 2.25. The van der Waals surface area contributed by atoms with Crippen molar-refractivity contribution in [1.29, 1.82) is 0 Å². The lowest BCUT2D eigenvalue weighted by atomic mass is 9.92. The monoisotopic (exact) mass is 298 g/mol. The summed E-state index contributed by atoms with van der Waals surface area (Å²) in [5, 5.41) is 3.93. The summed E-state index contributed by atoms with van der Waals surface area (Å²) < 4.78 is 20.6. The molecule has 0 radical (unpaired) electrons. The predicted molar refractivity (Wildman–Crippen MR) is 71.1 cm³/mol. The van der Waals surface area contributed by atoms with Gasteiger partial charge in [-0.25, -0.2) is 9.59 Å². The molecular weight excluding hydrogens is 280 g/mol. The first-order chi connectivity index (χ1) is 10.1. The van der Waals surface area contributed by atoms with Gasteiger partial charge in [0.1, 0.15) is 5.70 Å². The summed E-state index contributed by atoms with van der Waals surface area (Å²) in [5.41, 5.74) is 3.46. The number of hydrazone groups is 1. The molecule has 0 bridgehead atoms. The minimum Gasteiger partial charge on any atom is -0.464 e. The molecule has 0 aliphatic carbocycles. The number of hydrogen-bond acceptors (Lipinski definition) is 8. The van der Waals surface area contributed by atoms with Gasteiger partial charge in [0, 0.05) is 0 Å². The summed E-state index contributed by atoms with van der Waals surface area (Å²) in [4.78, 5) is 23.6. The first-order valence-corrected chi connectivity index (χ1v) is 6.58. The van der Waals surface area contributed by atoms with Gasteiger partial charge in [0.15, 0.2) is 12.0 Å². The lowest BCUT2D eigenvalue weighted by molar-refractivity contribution is -0.137. The van der Waals surface area contributed by atoms with E-state index in [1.54, 1.807) is 0 Å². The molecule has 116 valence electrons. The van der Waals surface area contributed by atoms with Gasteiger partial charge in [0.05, 0.1) is 33.4 Å². The molecule has 0 aromatic heterocycles. The molecular formula is C13H18N2O6. The van der Waals surface area contributed by atoms with Gasteiger partial charge in [-0.1, -0.05) is 6.92 Å². The minimum absolute atomic E-state index is 0.149. The summed E-state index contributed by atoms with van der Waals surface area (Å²) in [6.07, 6.45) is 0.270. The smallest absolute Gasteiger partial charge is 0.356 e. The molecule has 2 atom stereocenters. The Morgan fingerprint density at radius 1 is 1.29 bits per heavy atom. The normalized spacial score (nSPS) is 25.2. The quantitative estimate of drug-likeness (QED) is 0.729. The van der Waals surface area contributed by atoms with Crippen molar-refractivity contribution in [3.63, 3.8) is 0 Å². The zero-order chi connectivity index (χ0) is 15.4. The van der Waals surface area contributed by atoms with Crippen LogP contribution < -0.4 is 5.43 Å². The van der Waals surface area contributed by atoms with Gasteiger partial charge in [-0.3, -0.25) is 5.43 Å². The maximum absolute atomic E-state index is 11.8. The Labute approximate surface area is 122 Å². The summed E-state index contributed by atoms with van der Waals surface area (Å²) >= 11 is 0. The number of fused-ring (bicyclic) bond motifs is 1. The first-order valence-electron chi connectivity index (χ1n) is 6.58. The molecule has 2 rings (SSSR count). The highest BCUT2D eigenvalue weighted by Gasteiger charge is 2.37. The molecule has 0 saturated carbocycles.